The number of nitrogens with zero attached hydrogens (tertiary/aromatic N) is 1. The van der Waals surface area contributed by atoms with E-state index in [1.807, 2.05) is 49.4 Å². The van der Waals surface area contributed by atoms with E-state index in [9.17, 15) is 9.90 Å². The van der Waals surface area contributed by atoms with Crippen LogP contribution in [0.5, 0.6) is 5.75 Å². The number of hydrogen-bond donors (Lipinski definition) is 2. The molecule has 1 saturated heterocycles. The number of carbonyl (C=O) groups excluding carboxylic acids is 1. The highest BCUT2D eigenvalue weighted by molar-refractivity contribution is 5.94. The number of rotatable bonds is 9. The largest absolute Gasteiger partial charge is 0.491 e. The second kappa shape index (κ2) is 10.6. The Morgan fingerprint density at radius 2 is 1.80 bits per heavy atom. The van der Waals surface area contributed by atoms with Crippen LogP contribution in [0.15, 0.2) is 54.6 Å². The summed E-state index contributed by atoms with van der Waals surface area (Å²) in [5.74, 6) is 0.0109. The number of nitrogens with one attached hydrogen (secondary N) is 1. The van der Waals surface area contributed by atoms with Crippen molar-refractivity contribution in [3.8, 4) is 5.75 Å². The minimum absolute atomic E-state index is 0.166. The lowest BCUT2D eigenvalue weighted by molar-refractivity contribution is -0.132. The smallest absolute Gasteiger partial charge is 0.230 e. The predicted octanol–water partition coefficient (Wildman–Crippen LogP) is 4.47. The molecule has 1 amide bonds. The maximum atomic E-state index is 12.9. The number of benzene rings is 2. The minimum Gasteiger partial charge on any atom is -0.491 e. The number of para-hydroxylation sites is 2. The van der Waals surface area contributed by atoms with Gasteiger partial charge in [-0.3, -0.25) is 9.69 Å². The van der Waals surface area contributed by atoms with Crippen molar-refractivity contribution in [2.24, 2.45) is 5.92 Å². The van der Waals surface area contributed by atoms with Gasteiger partial charge in [-0.2, -0.15) is 0 Å². The first-order valence-corrected chi connectivity index (χ1v) is 11.0. The number of likely N-dealkylation sites (tertiary alicyclic amines) is 1. The van der Waals surface area contributed by atoms with Crippen molar-refractivity contribution in [3.05, 3.63) is 60.2 Å². The van der Waals surface area contributed by atoms with Crippen LogP contribution in [-0.4, -0.2) is 41.2 Å². The number of carbonyl (C=O) groups is 1. The fourth-order valence-electron chi connectivity index (χ4n) is 3.88. The van der Waals surface area contributed by atoms with E-state index >= 15 is 0 Å². The van der Waals surface area contributed by atoms with Crippen LogP contribution in [0.25, 0.3) is 0 Å². The van der Waals surface area contributed by atoms with Gasteiger partial charge in [-0.15, -0.1) is 0 Å². The van der Waals surface area contributed by atoms with E-state index in [0.717, 1.165) is 32.5 Å². The van der Waals surface area contributed by atoms with Gasteiger partial charge >= 0.3 is 0 Å². The third kappa shape index (κ3) is 5.83. The Morgan fingerprint density at radius 1 is 1.13 bits per heavy atom. The van der Waals surface area contributed by atoms with Crippen molar-refractivity contribution >= 4 is 11.6 Å². The molecule has 162 valence electrons. The molecule has 1 unspecified atom stereocenters. The first-order valence-electron chi connectivity index (χ1n) is 11.0. The van der Waals surface area contributed by atoms with Gasteiger partial charge in [0.2, 0.25) is 5.91 Å². The molecule has 0 saturated carbocycles. The highest BCUT2D eigenvalue weighted by atomic mass is 16.5. The molecule has 1 aliphatic heterocycles. The van der Waals surface area contributed by atoms with Gasteiger partial charge in [-0.1, -0.05) is 62.7 Å². The molecule has 5 nitrogen and oxygen atoms in total. The summed E-state index contributed by atoms with van der Waals surface area (Å²) < 4.78 is 5.82. The Bertz CT molecular complexity index is 801. The van der Waals surface area contributed by atoms with Crippen LogP contribution in [0.1, 0.15) is 45.1 Å². The molecular formula is C25H34N2O3. The van der Waals surface area contributed by atoms with Crippen LogP contribution in [0, 0.1) is 5.92 Å². The topological polar surface area (TPSA) is 61.8 Å². The minimum atomic E-state index is -0.991. The summed E-state index contributed by atoms with van der Waals surface area (Å²) in [4.78, 5) is 15.3. The fraction of sp³-hybridized carbons (Fsp3) is 0.480. The van der Waals surface area contributed by atoms with Gasteiger partial charge in [0, 0.05) is 19.6 Å². The molecule has 0 aromatic heterocycles. The van der Waals surface area contributed by atoms with E-state index < -0.39 is 11.5 Å². The molecule has 1 atom stereocenters. The molecule has 1 fully saturated rings. The monoisotopic (exact) mass is 410 g/mol. The molecule has 1 aliphatic rings. The van der Waals surface area contributed by atoms with Gasteiger partial charge < -0.3 is 15.2 Å². The van der Waals surface area contributed by atoms with Crippen LogP contribution in [0.4, 0.5) is 5.69 Å². The van der Waals surface area contributed by atoms with Crippen molar-refractivity contribution in [1.29, 1.82) is 0 Å². The molecule has 3 rings (SSSR count). The van der Waals surface area contributed by atoms with Gasteiger partial charge in [0.15, 0.2) is 0 Å². The third-order valence-electron chi connectivity index (χ3n) is 6.07. The number of aliphatic hydroxyl groups is 1. The fourth-order valence-corrected chi connectivity index (χ4v) is 3.88. The maximum absolute atomic E-state index is 12.9. The normalized spacial score (nSPS) is 17.3. The average molecular weight is 411 g/mol. The first-order chi connectivity index (χ1) is 14.5. The summed E-state index contributed by atoms with van der Waals surface area (Å²) in [5, 5.41) is 14.2. The second-order valence-electron chi connectivity index (χ2n) is 8.27. The summed E-state index contributed by atoms with van der Waals surface area (Å²) >= 11 is 0. The summed E-state index contributed by atoms with van der Waals surface area (Å²) in [6.07, 6.45) is 3.20. The van der Waals surface area contributed by atoms with Crippen molar-refractivity contribution in [3.63, 3.8) is 0 Å². The van der Waals surface area contributed by atoms with Crippen molar-refractivity contribution in [2.45, 2.75) is 51.7 Å². The van der Waals surface area contributed by atoms with Crippen LogP contribution < -0.4 is 10.1 Å². The lowest BCUT2D eigenvalue weighted by Gasteiger charge is -2.41. The molecule has 5 heteroatoms. The van der Waals surface area contributed by atoms with Crippen molar-refractivity contribution < 1.29 is 14.6 Å². The summed E-state index contributed by atoms with van der Waals surface area (Å²) in [6, 6.07) is 17.8. The number of anilines is 1. The van der Waals surface area contributed by atoms with Crippen LogP contribution in [0.3, 0.4) is 0 Å². The van der Waals surface area contributed by atoms with Gasteiger partial charge in [-0.25, -0.2) is 0 Å². The van der Waals surface area contributed by atoms with Gasteiger partial charge in [0.25, 0.3) is 0 Å². The number of unbranched alkanes of at least 4 members (excludes halogenated alkanes) is 1. The Balaban J connectivity index is 1.56. The second-order valence-corrected chi connectivity index (χ2v) is 8.27. The molecule has 0 radical (unpaired) electrons. The van der Waals surface area contributed by atoms with Gasteiger partial charge in [-0.05, 0) is 37.0 Å². The van der Waals surface area contributed by atoms with Gasteiger partial charge in [0.1, 0.15) is 5.75 Å². The highest BCUT2D eigenvalue weighted by Gasteiger charge is 2.41. The van der Waals surface area contributed by atoms with E-state index in [1.165, 1.54) is 5.56 Å². The molecular weight excluding hydrogens is 376 g/mol. The number of amides is 1. The molecule has 2 N–H and O–H groups in total. The van der Waals surface area contributed by atoms with E-state index in [4.69, 9.17) is 4.74 Å². The lowest BCUT2D eigenvalue weighted by Crippen LogP contribution is -2.51. The molecule has 1 heterocycles. The van der Waals surface area contributed by atoms with Crippen LogP contribution in [-0.2, 0) is 11.3 Å². The maximum Gasteiger partial charge on any atom is 0.230 e. The highest BCUT2D eigenvalue weighted by Crippen LogP contribution is 2.32. The third-order valence-corrected chi connectivity index (χ3v) is 6.07. The molecule has 0 aliphatic carbocycles. The zero-order valence-corrected chi connectivity index (χ0v) is 18.1. The van der Waals surface area contributed by atoms with Crippen molar-refractivity contribution in [1.82, 2.24) is 4.90 Å². The van der Waals surface area contributed by atoms with Crippen LogP contribution in [0.2, 0.25) is 0 Å². The molecule has 0 spiro atoms. The Hall–Kier alpha value is -2.37. The summed E-state index contributed by atoms with van der Waals surface area (Å²) in [5.41, 5.74) is 0.943. The van der Waals surface area contributed by atoms with E-state index in [1.54, 1.807) is 0 Å². The van der Waals surface area contributed by atoms with E-state index in [0.29, 0.717) is 30.9 Å². The molecule has 2 aromatic rings. The average Bonchev–Trinajstić information content (AvgIpc) is 2.77. The number of hydrogen-bond acceptors (Lipinski definition) is 4. The Labute approximate surface area is 180 Å². The number of ether oxygens (including phenoxy) is 1. The Morgan fingerprint density at radius 3 is 2.50 bits per heavy atom. The Kier molecular flexibility index (Phi) is 7.88. The zero-order chi connectivity index (χ0) is 21.4. The SMILES string of the molecule is CCCCOc1ccccc1NC(=O)C(C)C1(O)CCN(Cc2ccccc2)CC1. The van der Waals surface area contributed by atoms with E-state index in [-0.39, 0.29) is 5.91 Å². The quantitative estimate of drug-likeness (QED) is 0.599. The van der Waals surface area contributed by atoms with E-state index in [2.05, 4.69) is 29.3 Å². The predicted molar refractivity (Wildman–Crippen MR) is 121 cm³/mol. The number of piperidine rings is 1. The van der Waals surface area contributed by atoms with Crippen molar-refractivity contribution in [2.75, 3.05) is 25.0 Å². The van der Waals surface area contributed by atoms with Crippen LogP contribution >= 0.6 is 0 Å². The lowest BCUT2D eigenvalue weighted by atomic mass is 9.80. The standard InChI is InChI=1S/C25H34N2O3/c1-3-4-18-30-23-13-9-8-12-22(23)26-24(28)20(2)25(29)14-16-27(17-15-25)19-21-10-6-5-7-11-21/h5-13,20,29H,3-4,14-19H2,1-2H3,(H,26,28). The zero-order valence-electron chi connectivity index (χ0n) is 18.1. The molecule has 2 aromatic carbocycles. The summed E-state index contributed by atoms with van der Waals surface area (Å²) in [6.45, 7) is 6.99. The molecule has 0 bridgehead atoms. The first kappa shape index (κ1) is 22.3. The molecule has 30 heavy (non-hydrogen) atoms. The summed E-state index contributed by atoms with van der Waals surface area (Å²) in [7, 11) is 0. The van der Waals surface area contributed by atoms with Gasteiger partial charge in [0.05, 0.1) is 23.8 Å².